The normalized spacial score (nSPS) is 21.1. The first-order chi connectivity index (χ1) is 7.93. The van der Waals surface area contributed by atoms with Gasteiger partial charge in [-0.15, -0.1) is 11.3 Å². The van der Waals surface area contributed by atoms with Gasteiger partial charge in [0.1, 0.15) is 5.01 Å². The van der Waals surface area contributed by atoms with E-state index in [1.807, 2.05) is 11.8 Å². The molecule has 0 aliphatic carbocycles. The third-order valence-corrected chi connectivity index (χ3v) is 5.26. The number of aromatic nitrogens is 1. The van der Waals surface area contributed by atoms with Gasteiger partial charge in [0, 0.05) is 34.4 Å². The van der Waals surface area contributed by atoms with Gasteiger partial charge in [0.25, 0.3) is 0 Å². The Hall–Kier alpha value is -0.360. The van der Waals surface area contributed by atoms with Crippen molar-refractivity contribution < 1.29 is 0 Å². The standard InChI is InChI=1S/C11H12N2S3/c1-3-14-5-8(1)9-7-16-11(13-9)10-6-15-4-2-12-10/h1,3,5,7,10,12H,2,4,6H2. The zero-order chi connectivity index (χ0) is 10.8. The van der Waals surface area contributed by atoms with Crippen LogP contribution in [0.2, 0.25) is 0 Å². The molecule has 1 atom stereocenters. The van der Waals surface area contributed by atoms with Gasteiger partial charge in [0.15, 0.2) is 0 Å². The van der Waals surface area contributed by atoms with Crippen LogP contribution in [0.3, 0.4) is 0 Å². The van der Waals surface area contributed by atoms with Gasteiger partial charge in [0.05, 0.1) is 11.7 Å². The molecule has 2 aromatic rings. The lowest BCUT2D eigenvalue weighted by molar-refractivity contribution is 0.592. The smallest absolute Gasteiger partial charge is 0.111 e. The number of rotatable bonds is 2. The molecule has 0 bridgehead atoms. The van der Waals surface area contributed by atoms with E-state index in [1.54, 1.807) is 22.7 Å². The average Bonchev–Trinajstić information content (AvgIpc) is 3.01. The molecule has 2 nitrogen and oxygen atoms in total. The Bertz CT molecular complexity index is 444. The molecule has 3 heterocycles. The summed E-state index contributed by atoms with van der Waals surface area (Å²) in [4.78, 5) is 4.73. The minimum Gasteiger partial charge on any atom is -0.306 e. The van der Waals surface area contributed by atoms with E-state index in [9.17, 15) is 0 Å². The summed E-state index contributed by atoms with van der Waals surface area (Å²) >= 11 is 5.51. The molecule has 1 fully saturated rings. The molecule has 2 aromatic heterocycles. The highest BCUT2D eigenvalue weighted by atomic mass is 32.2. The lowest BCUT2D eigenvalue weighted by Crippen LogP contribution is -2.30. The summed E-state index contributed by atoms with van der Waals surface area (Å²) in [6.07, 6.45) is 0. The van der Waals surface area contributed by atoms with Crippen molar-refractivity contribution in [1.82, 2.24) is 10.3 Å². The van der Waals surface area contributed by atoms with Crippen molar-refractivity contribution >= 4 is 34.4 Å². The number of hydrogen-bond acceptors (Lipinski definition) is 5. The molecule has 0 spiro atoms. The van der Waals surface area contributed by atoms with Crippen LogP contribution in [-0.4, -0.2) is 23.0 Å². The Morgan fingerprint density at radius 1 is 1.38 bits per heavy atom. The van der Waals surface area contributed by atoms with Gasteiger partial charge in [0.2, 0.25) is 0 Å². The van der Waals surface area contributed by atoms with Crippen molar-refractivity contribution in [3.05, 3.63) is 27.2 Å². The molecule has 1 N–H and O–H groups in total. The summed E-state index contributed by atoms with van der Waals surface area (Å²) in [5.74, 6) is 2.37. The molecular formula is C11H12N2S3. The van der Waals surface area contributed by atoms with Crippen LogP contribution in [0.15, 0.2) is 22.2 Å². The van der Waals surface area contributed by atoms with Crippen LogP contribution < -0.4 is 5.32 Å². The third kappa shape index (κ3) is 2.18. The SMILES string of the molecule is c1cc(-c2csc(C3CSCCN3)n2)cs1. The number of thioether (sulfide) groups is 1. The molecule has 84 valence electrons. The van der Waals surface area contributed by atoms with E-state index < -0.39 is 0 Å². The van der Waals surface area contributed by atoms with E-state index in [1.165, 1.54) is 16.3 Å². The van der Waals surface area contributed by atoms with Crippen LogP contribution in [0.25, 0.3) is 11.3 Å². The van der Waals surface area contributed by atoms with Crippen molar-refractivity contribution in [2.45, 2.75) is 6.04 Å². The Morgan fingerprint density at radius 2 is 2.38 bits per heavy atom. The van der Waals surface area contributed by atoms with Gasteiger partial charge in [-0.2, -0.15) is 23.1 Å². The summed E-state index contributed by atoms with van der Waals surface area (Å²) in [6, 6.07) is 2.59. The predicted octanol–water partition coefficient (Wildman–Crippen LogP) is 3.25. The minimum atomic E-state index is 0.455. The first-order valence-electron chi connectivity index (χ1n) is 5.22. The highest BCUT2D eigenvalue weighted by Gasteiger charge is 2.18. The monoisotopic (exact) mass is 268 g/mol. The molecule has 0 aromatic carbocycles. The van der Waals surface area contributed by atoms with E-state index in [0.717, 1.165) is 18.0 Å². The maximum Gasteiger partial charge on any atom is 0.111 e. The van der Waals surface area contributed by atoms with E-state index in [0.29, 0.717) is 6.04 Å². The van der Waals surface area contributed by atoms with Crippen molar-refractivity contribution in [1.29, 1.82) is 0 Å². The minimum absolute atomic E-state index is 0.455. The van der Waals surface area contributed by atoms with Crippen LogP contribution in [0.4, 0.5) is 0 Å². The zero-order valence-corrected chi connectivity index (χ0v) is 11.1. The average molecular weight is 268 g/mol. The van der Waals surface area contributed by atoms with E-state index in [-0.39, 0.29) is 0 Å². The fraction of sp³-hybridized carbons (Fsp3) is 0.364. The molecule has 5 heteroatoms. The molecule has 3 rings (SSSR count). The van der Waals surface area contributed by atoms with Gasteiger partial charge in [-0.25, -0.2) is 4.98 Å². The number of nitrogens with zero attached hydrogens (tertiary/aromatic N) is 1. The molecule has 1 saturated heterocycles. The first kappa shape index (κ1) is 10.8. The van der Waals surface area contributed by atoms with Crippen molar-refractivity contribution in [3.8, 4) is 11.3 Å². The van der Waals surface area contributed by atoms with E-state index in [4.69, 9.17) is 4.98 Å². The first-order valence-corrected chi connectivity index (χ1v) is 8.20. The Morgan fingerprint density at radius 3 is 3.12 bits per heavy atom. The second-order valence-electron chi connectivity index (χ2n) is 3.66. The zero-order valence-electron chi connectivity index (χ0n) is 8.68. The molecule has 0 amide bonds. The van der Waals surface area contributed by atoms with Crippen LogP contribution in [0, 0.1) is 0 Å². The Balaban J connectivity index is 1.82. The van der Waals surface area contributed by atoms with Gasteiger partial charge < -0.3 is 5.32 Å². The van der Waals surface area contributed by atoms with Crippen LogP contribution in [0.5, 0.6) is 0 Å². The second-order valence-corrected chi connectivity index (χ2v) is 6.48. The Labute approximate surface area is 107 Å². The molecular weight excluding hydrogens is 256 g/mol. The summed E-state index contributed by atoms with van der Waals surface area (Å²) in [5, 5.41) is 11.2. The fourth-order valence-corrected chi connectivity index (χ4v) is 4.31. The quantitative estimate of drug-likeness (QED) is 0.905. The van der Waals surface area contributed by atoms with Gasteiger partial charge in [-0.05, 0) is 11.4 Å². The van der Waals surface area contributed by atoms with E-state index in [2.05, 4.69) is 27.5 Å². The van der Waals surface area contributed by atoms with E-state index >= 15 is 0 Å². The van der Waals surface area contributed by atoms with Crippen LogP contribution in [0.1, 0.15) is 11.0 Å². The predicted molar refractivity (Wildman–Crippen MR) is 73.5 cm³/mol. The van der Waals surface area contributed by atoms with Crippen molar-refractivity contribution in [3.63, 3.8) is 0 Å². The number of nitrogens with one attached hydrogen (secondary N) is 1. The summed E-state index contributed by atoms with van der Waals surface area (Å²) in [5.41, 5.74) is 2.37. The molecule has 0 radical (unpaired) electrons. The molecule has 1 unspecified atom stereocenters. The number of thiazole rings is 1. The maximum absolute atomic E-state index is 4.73. The molecule has 1 aliphatic heterocycles. The lowest BCUT2D eigenvalue weighted by atomic mass is 10.3. The van der Waals surface area contributed by atoms with Crippen LogP contribution >= 0.6 is 34.4 Å². The second kappa shape index (κ2) is 4.87. The number of hydrogen-bond donors (Lipinski definition) is 1. The highest BCUT2D eigenvalue weighted by molar-refractivity contribution is 7.99. The molecule has 16 heavy (non-hydrogen) atoms. The third-order valence-electron chi connectivity index (χ3n) is 2.56. The van der Waals surface area contributed by atoms with Gasteiger partial charge in [-0.3, -0.25) is 0 Å². The Kier molecular flexibility index (Phi) is 3.28. The van der Waals surface area contributed by atoms with Crippen LogP contribution in [-0.2, 0) is 0 Å². The number of thiophene rings is 1. The summed E-state index contributed by atoms with van der Waals surface area (Å²) < 4.78 is 0. The maximum atomic E-state index is 4.73. The molecule has 0 saturated carbocycles. The topological polar surface area (TPSA) is 24.9 Å². The summed E-state index contributed by atoms with van der Waals surface area (Å²) in [7, 11) is 0. The molecule has 1 aliphatic rings. The van der Waals surface area contributed by atoms with Gasteiger partial charge >= 0.3 is 0 Å². The highest BCUT2D eigenvalue weighted by Crippen LogP contribution is 2.29. The van der Waals surface area contributed by atoms with Crippen molar-refractivity contribution in [2.24, 2.45) is 0 Å². The fourth-order valence-electron chi connectivity index (χ4n) is 1.71. The summed E-state index contributed by atoms with van der Waals surface area (Å²) in [6.45, 7) is 1.10. The van der Waals surface area contributed by atoms with Gasteiger partial charge in [-0.1, -0.05) is 0 Å². The van der Waals surface area contributed by atoms with Crippen molar-refractivity contribution in [2.75, 3.05) is 18.1 Å². The lowest BCUT2D eigenvalue weighted by Gasteiger charge is -2.20. The largest absolute Gasteiger partial charge is 0.306 e.